The molecule has 0 aliphatic carbocycles. The number of nitrogens with zero attached hydrogens (tertiary/aromatic N) is 2. The number of pyridine rings is 1. The number of fused-ring (bicyclic) bond motifs is 1. The predicted molar refractivity (Wildman–Crippen MR) is 54.0 cm³/mol. The molecule has 0 amide bonds. The van der Waals surface area contributed by atoms with Crippen LogP contribution >= 0.6 is 11.6 Å². The van der Waals surface area contributed by atoms with Gasteiger partial charge in [-0.25, -0.2) is 4.98 Å². The van der Waals surface area contributed by atoms with E-state index in [0.29, 0.717) is 10.7 Å². The van der Waals surface area contributed by atoms with Crippen molar-refractivity contribution in [1.29, 1.82) is 0 Å². The first-order valence-corrected chi connectivity index (χ1v) is 4.36. The van der Waals surface area contributed by atoms with Crippen molar-refractivity contribution < 1.29 is 5.11 Å². The molecule has 0 fully saturated rings. The first kappa shape index (κ1) is 9.07. The standard InChI is InChI=1S/C10H7ClN2O/c1-2-9(14)10-8(11)4-3-7-5-12-6-13(7)10/h1,3-6,9,14H/t9-/m0/s1. The number of aliphatic hydroxyl groups is 1. The summed E-state index contributed by atoms with van der Waals surface area (Å²) in [5.41, 5.74) is 1.32. The van der Waals surface area contributed by atoms with Gasteiger partial charge in [0.2, 0.25) is 0 Å². The summed E-state index contributed by atoms with van der Waals surface area (Å²) < 4.78 is 1.67. The van der Waals surface area contributed by atoms with E-state index in [9.17, 15) is 5.11 Å². The van der Waals surface area contributed by atoms with Crippen LogP contribution in [0.5, 0.6) is 0 Å². The molecule has 2 rings (SSSR count). The molecule has 0 aliphatic heterocycles. The Labute approximate surface area is 86.0 Å². The van der Waals surface area contributed by atoms with Gasteiger partial charge in [-0.05, 0) is 12.1 Å². The Bertz CT molecular complexity index is 512. The molecule has 3 nitrogen and oxygen atoms in total. The van der Waals surface area contributed by atoms with Gasteiger partial charge in [0.05, 0.1) is 28.8 Å². The maximum atomic E-state index is 9.56. The Morgan fingerprint density at radius 3 is 3.07 bits per heavy atom. The van der Waals surface area contributed by atoms with Crippen molar-refractivity contribution in [3.63, 3.8) is 0 Å². The average Bonchev–Trinajstić information content (AvgIpc) is 2.64. The lowest BCUT2D eigenvalue weighted by Gasteiger charge is -2.09. The van der Waals surface area contributed by atoms with Crippen molar-refractivity contribution >= 4 is 17.1 Å². The Morgan fingerprint density at radius 1 is 1.57 bits per heavy atom. The fourth-order valence-electron chi connectivity index (χ4n) is 1.33. The molecule has 0 aliphatic rings. The minimum Gasteiger partial charge on any atom is -0.374 e. The zero-order chi connectivity index (χ0) is 10.1. The quantitative estimate of drug-likeness (QED) is 0.721. The summed E-state index contributed by atoms with van der Waals surface area (Å²) in [5, 5.41) is 9.99. The zero-order valence-corrected chi connectivity index (χ0v) is 7.94. The molecule has 0 saturated heterocycles. The van der Waals surface area contributed by atoms with Crippen LogP contribution in [-0.2, 0) is 0 Å². The molecular weight excluding hydrogens is 200 g/mol. The van der Waals surface area contributed by atoms with Gasteiger partial charge in [-0.3, -0.25) is 4.40 Å². The Kier molecular flexibility index (Phi) is 2.16. The predicted octanol–water partition coefficient (Wildman–Crippen LogP) is 1.65. The summed E-state index contributed by atoms with van der Waals surface area (Å²) >= 11 is 5.93. The van der Waals surface area contributed by atoms with E-state index in [-0.39, 0.29) is 0 Å². The molecule has 0 spiro atoms. The first-order valence-electron chi connectivity index (χ1n) is 3.98. The normalized spacial score (nSPS) is 12.6. The molecule has 4 heteroatoms. The third kappa shape index (κ3) is 1.25. The molecule has 2 heterocycles. The fraction of sp³-hybridized carbons (Fsp3) is 0.100. The Hall–Kier alpha value is -1.50. The highest BCUT2D eigenvalue weighted by atomic mass is 35.5. The molecule has 0 saturated carbocycles. The topological polar surface area (TPSA) is 37.5 Å². The lowest BCUT2D eigenvalue weighted by Crippen LogP contribution is -2.02. The van der Waals surface area contributed by atoms with E-state index >= 15 is 0 Å². The number of aromatic nitrogens is 2. The number of imidazole rings is 1. The van der Waals surface area contributed by atoms with Crippen LogP contribution in [0.15, 0.2) is 24.7 Å². The van der Waals surface area contributed by atoms with Crippen molar-refractivity contribution in [2.24, 2.45) is 0 Å². The SMILES string of the molecule is C#C[C@H](O)c1c(Cl)ccc2cncn12. The van der Waals surface area contributed by atoms with E-state index in [1.54, 1.807) is 23.0 Å². The highest BCUT2D eigenvalue weighted by molar-refractivity contribution is 6.31. The summed E-state index contributed by atoms with van der Waals surface area (Å²) in [6.45, 7) is 0. The van der Waals surface area contributed by atoms with Crippen LogP contribution in [0.2, 0.25) is 5.02 Å². The summed E-state index contributed by atoms with van der Waals surface area (Å²) in [7, 11) is 0. The number of rotatable bonds is 1. The second kappa shape index (κ2) is 3.33. The van der Waals surface area contributed by atoms with Crippen molar-refractivity contribution in [1.82, 2.24) is 9.38 Å². The lowest BCUT2D eigenvalue weighted by molar-refractivity contribution is 0.232. The van der Waals surface area contributed by atoms with Crippen LogP contribution in [-0.4, -0.2) is 14.5 Å². The monoisotopic (exact) mass is 206 g/mol. The molecule has 0 radical (unpaired) electrons. The molecule has 1 N–H and O–H groups in total. The van der Waals surface area contributed by atoms with Crippen LogP contribution in [0, 0.1) is 12.3 Å². The largest absolute Gasteiger partial charge is 0.374 e. The highest BCUT2D eigenvalue weighted by Crippen LogP contribution is 2.23. The minimum atomic E-state index is -1.01. The van der Waals surface area contributed by atoms with E-state index < -0.39 is 6.10 Å². The number of terminal acetylenes is 1. The van der Waals surface area contributed by atoms with Crippen LogP contribution in [0.25, 0.3) is 5.52 Å². The van der Waals surface area contributed by atoms with Gasteiger partial charge in [0.15, 0.2) is 6.10 Å². The van der Waals surface area contributed by atoms with Gasteiger partial charge in [-0.15, -0.1) is 6.42 Å². The maximum absolute atomic E-state index is 9.56. The fourth-order valence-corrected chi connectivity index (χ4v) is 1.59. The van der Waals surface area contributed by atoms with E-state index in [0.717, 1.165) is 5.52 Å². The minimum absolute atomic E-state index is 0.431. The summed E-state index contributed by atoms with van der Waals surface area (Å²) in [5.74, 6) is 2.23. The molecule has 0 aromatic carbocycles. The third-order valence-corrected chi connectivity index (χ3v) is 2.31. The first-order chi connectivity index (χ1) is 6.74. The molecule has 14 heavy (non-hydrogen) atoms. The van der Waals surface area contributed by atoms with Crippen LogP contribution in [0.4, 0.5) is 0 Å². The van der Waals surface area contributed by atoms with Gasteiger partial charge >= 0.3 is 0 Å². The molecule has 70 valence electrons. The van der Waals surface area contributed by atoms with Crippen LogP contribution < -0.4 is 0 Å². The third-order valence-electron chi connectivity index (χ3n) is 1.99. The van der Waals surface area contributed by atoms with Gasteiger partial charge in [0.25, 0.3) is 0 Å². The number of aliphatic hydroxyl groups excluding tert-OH is 1. The maximum Gasteiger partial charge on any atom is 0.156 e. The highest BCUT2D eigenvalue weighted by Gasteiger charge is 2.12. The number of halogens is 1. The van der Waals surface area contributed by atoms with Crippen molar-refractivity contribution in [3.05, 3.63) is 35.4 Å². The van der Waals surface area contributed by atoms with Gasteiger partial charge in [-0.2, -0.15) is 0 Å². The zero-order valence-electron chi connectivity index (χ0n) is 7.18. The van der Waals surface area contributed by atoms with Crippen LogP contribution in [0.3, 0.4) is 0 Å². The molecule has 2 aromatic heterocycles. The van der Waals surface area contributed by atoms with Crippen molar-refractivity contribution in [3.8, 4) is 12.3 Å². The summed E-state index contributed by atoms with van der Waals surface area (Å²) in [6, 6.07) is 3.50. The second-order valence-electron chi connectivity index (χ2n) is 2.82. The smallest absolute Gasteiger partial charge is 0.156 e. The summed E-state index contributed by atoms with van der Waals surface area (Å²) in [4.78, 5) is 3.94. The number of hydrogen-bond acceptors (Lipinski definition) is 2. The van der Waals surface area contributed by atoms with Gasteiger partial charge in [0.1, 0.15) is 0 Å². The molecule has 0 bridgehead atoms. The molecule has 1 atom stereocenters. The summed E-state index contributed by atoms with van der Waals surface area (Å²) in [6.07, 6.45) is 7.36. The van der Waals surface area contributed by atoms with Gasteiger partial charge < -0.3 is 5.11 Å². The van der Waals surface area contributed by atoms with E-state index in [1.165, 1.54) is 0 Å². The second-order valence-corrected chi connectivity index (χ2v) is 3.23. The Balaban J connectivity index is 2.78. The van der Waals surface area contributed by atoms with E-state index in [4.69, 9.17) is 18.0 Å². The molecule has 2 aromatic rings. The molecular formula is C10H7ClN2O. The average molecular weight is 207 g/mol. The number of hydrogen-bond donors (Lipinski definition) is 1. The van der Waals surface area contributed by atoms with Gasteiger partial charge in [-0.1, -0.05) is 17.5 Å². The van der Waals surface area contributed by atoms with Gasteiger partial charge in [0, 0.05) is 0 Å². The Morgan fingerprint density at radius 2 is 2.36 bits per heavy atom. The van der Waals surface area contributed by atoms with E-state index in [1.807, 2.05) is 6.07 Å². The lowest BCUT2D eigenvalue weighted by atomic mass is 10.2. The van der Waals surface area contributed by atoms with Crippen molar-refractivity contribution in [2.45, 2.75) is 6.10 Å². The molecule has 0 unspecified atom stereocenters. The van der Waals surface area contributed by atoms with Crippen molar-refractivity contribution in [2.75, 3.05) is 0 Å². The van der Waals surface area contributed by atoms with Crippen LogP contribution in [0.1, 0.15) is 11.8 Å². The van der Waals surface area contributed by atoms with E-state index in [2.05, 4.69) is 10.9 Å².